The Bertz CT molecular complexity index is 340. The fourth-order valence-corrected chi connectivity index (χ4v) is 1.31. The largest absolute Gasteiger partial charge is 0.478 e. The van der Waals surface area contributed by atoms with Crippen LogP contribution >= 0.6 is 15.9 Å². The number of nitrogens with two attached hydrogens (primary N) is 1. The Hall–Kier alpha value is -1.10. The van der Waals surface area contributed by atoms with Crippen LogP contribution in [0.25, 0.3) is 0 Å². The molecule has 0 atom stereocenters. The van der Waals surface area contributed by atoms with Gasteiger partial charge in [-0.2, -0.15) is 0 Å². The molecule has 0 aromatic heterocycles. The molecule has 64 valence electrons. The molecule has 0 unspecified atom stereocenters. The fraction of sp³-hybridized carbons (Fsp3) is 0. The summed E-state index contributed by atoms with van der Waals surface area (Å²) in [5.41, 5.74) is 5.11. The molecule has 12 heavy (non-hydrogen) atoms. The van der Waals surface area contributed by atoms with E-state index in [-0.39, 0.29) is 15.7 Å². The Balaban J connectivity index is 3.43. The monoisotopic (exact) mass is 233 g/mol. The summed E-state index contributed by atoms with van der Waals surface area (Å²) in [7, 11) is 0. The van der Waals surface area contributed by atoms with E-state index in [1.165, 1.54) is 6.07 Å². The molecule has 3 nitrogen and oxygen atoms in total. The van der Waals surface area contributed by atoms with E-state index in [9.17, 15) is 9.18 Å². The van der Waals surface area contributed by atoms with Gasteiger partial charge in [0.1, 0.15) is 5.82 Å². The number of carboxylic acids is 1. The van der Waals surface area contributed by atoms with E-state index in [2.05, 4.69) is 15.9 Å². The number of halogens is 2. The SMILES string of the molecule is Nc1ccc(F)c(Br)c1C(=O)O. The molecule has 0 aliphatic heterocycles. The highest BCUT2D eigenvalue weighted by Gasteiger charge is 2.15. The van der Waals surface area contributed by atoms with Gasteiger partial charge in [-0.3, -0.25) is 0 Å². The number of hydrogen-bond acceptors (Lipinski definition) is 2. The van der Waals surface area contributed by atoms with Crippen LogP contribution in [0.15, 0.2) is 16.6 Å². The molecule has 0 amide bonds. The third-order valence-electron chi connectivity index (χ3n) is 1.34. The van der Waals surface area contributed by atoms with Crippen molar-refractivity contribution < 1.29 is 14.3 Å². The number of rotatable bonds is 1. The number of anilines is 1. The molecular formula is C7H5BrFNO2. The van der Waals surface area contributed by atoms with Crippen molar-refractivity contribution in [3.8, 4) is 0 Å². The standard InChI is InChI=1S/C7H5BrFNO2/c8-6-3(9)1-2-4(10)5(6)7(11)12/h1-2H,10H2,(H,11,12). The van der Waals surface area contributed by atoms with Crippen LogP contribution in [0.2, 0.25) is 0 Å². The van der Waals surface area contributed by atoms with Gasteiger partial charge in [-0.1, -0.05) is 0 Å². The molecule has 0 heterocycles. The van der Waals surface area contributed by atoms with E-state index in [4.69, 9.17) is 10.8 Å². The number of nitrogen functional groups attached to an aromatic ring is 1. The summed E-state index contributed by atoms with van der Waals surface area (Å²) in [6.07, 6.45) is 0. The van der Waals surface area contributed by atoms with Gasteiger partial charge in [0.05, 0.1) is 10.0 Å². The Labute approximate surface area is 76.1 Å². The van der Waals surface area contributed by atoms with E-state index < -0.39 is 11.8 Å². The lowest BCUT2D eigenvalue weighted by molar-refractivity contribution is 0.0696. The highest BCUT2D eigenvalue weighted by molar-refractivity contribution is 9.10. The van der Waals surface area contributed by atoms with Crippen LogP contribution in [0.4, 0.5) is 10.1 Å². The molecule has 1 aromatic carbocycles. The van der Waals surface area contributed by atoms with Crippen LogP contribution in [0.3, 0.4) is 0 Å². The van der Waals surface area contributed by atoms with Gasteiger partial charge in [-0.15, -0.1) is 0 Å². The Kier molecular flexibility index (Phi) is 2.32. The molecule has 1 rings (SSSR count). The van der Waals surface area contributed by atoms with Crippen molar-refractivity contribution in [2.24, 2.45) is 0 Å². The van der Waals surface area contributed by atoms with E-state index in [1.54, 1.807) is 0 Å². The highest BCUT2D eigenvalue weighted by Crippen LogP contribution is 2.25. The van der Waals surface area contributed by atoms with Gasteiger partial charge in [0.2, 0.25) is 0 Å². The van der Waals surface area contributed by atoms with E-state index >= 15 is 0 Å². The summed E-state index contributed by atoms with van der Waals surface area (Å²) < 4.78 is 12.6. The average Bonchev–Trinajstić information content (AvgIpc) is 1.97. The molecule has 5 heteroatoms. The van der Waals surface area contributed by atoms with Gasteiger partial charge < -0.3 is 10.8 Å². The molecule has 0 radical (unpaired) electrons. The topological polar surface area (TPSA) is 63.3 Å². The van der Waals surface area contributed by atoms with Crippen molar-refractivity contribution in [2.45, 2.75) is 0 Å². The Morgan fingerprint density at radius 2 is 2.17 bits per heavy atom. The van der Waals surface area contributed by atoms with Gasteiger partial charge in [-0.25, -0.2) is 9.18 Å². The lowest BCUT2D eigenvalue weighted by Gasteiger charge is -2.03. The number of carbonyl (C=O) groups is 1. The van der Waals surface area contributed by atoms with E-state index in [0.29, 0.717) is 0 Å². The average molecular weight is 234 g/mol. The number of hydrogen-bond donors (Lipinski definition) is 2. The summed E-state index contributed by atoms with van der Waals surface area (Å²) >= 11 is 2.80. The summed E-state index contributed by atoms with van der Waals surface area (Å²) in [4.78, 5) is 10.5. The zero-order valence-electron chi connectivity index (χ0n) is 5.84. The van der Waals surface area contributed by atoms with Gasteiger partial charge in [0, 0.05) is 5.69 Å². The lowest BCUT2D eigenvalue weighted by atomic mass is 10.2. The second-order valence-corrected chi connectivity index (χ2v) is 2.92. The molecule has 1 aromatic rings. The van der Waals surface area contributed by atoms with Crippen molar-refractivity contribution in [2.75, 3.05) is 5.73 Å². The van der Waals surface area contributed by atoms with Crippen LogP contribution < -0.4 is 5.73 Å². The predicted octanol–water partition coefficient (Wildman–Crippen LogP) is 1.87. The molecule has 3 N–H and O–H groups in total. The zero-order chi connectivity index (χ0) is 9.30. The molecule has 0 fully saturated rings. The van der Waals surface area contributed by atoms with Crippen LogP contribution in [-0.2, 0) is 0 Å². The first-order valence-corrected chi connectivity index (χ1v) is 3.80. The quantitative estimate of drug-likeness (QED) is 0.729. The first-order valence-electron chi connectivity index (χ1n) is 3.01. The molecule has 0 spiro atoms. The minimum atomic E-state index is -1.25. The third kappa shape index (κ3) is 1.40. The summed E-state index contributed by atoms with van der Waals surface area (Å²) in [5, 5.41) is 8.59. The number of aromatic carboxylic acids is 1. The normalized spacial score (nSPS) is 9.83. The third-order valence-corrected chi connectivity index (χ3v) is 2.12. The summed E-state index contributed by atoms with van der Waals surface area (Å²) in [6, 6.07) is 2.31. The number of benzene rings is 1. The van der Waals surface area contributed by atoms with Crippen molar-refractivity contribution in [1.29, 1.82) is 0 Å². The van der Waals surface area contributed by atoms with Crippen LogP contribution in [0.1, 0.15) is 10.4 Å². The first-order chi connectivity index (χ1) is 5.54. The predicted molar refractivity (Wildman–Crippen MR) is 45.5 cm³/mol. The number of carboxylic acid groups (broad SMARTS) is 1. The molecule has 0 aliphatic rings. The van der Waals surface area contributed by atoms with Gasteiger partial charge >= 0.3 is 5.97 Å². The molecule has 0 bridgehead atoms. The Morgan fingerprint density at radius 3 is 2.58 bits per heavy atom. The highest BCUT2D eigenvalue weighted by atomic mass is 79.9. The van der Waals surface area contributed by atoms with Gasteiger partial charge in [-0.05, 0) is 28.1 Å². The van der Waals surface area contributed by atoms with E-state index in [1.807, 2.05) is 0 Å². The maximum atomic E-state index is 12.8. The summed E-state index contributed by atoms with van der Waals surface area (Å²) in [6.45, 7) is 0. The smallest absolute Gasteiger partial charge is 0.339 e. The zero-order valence-corrected chi connectivity index (χ0v) is 7.43. The lowest BCUT2D eigenvalue weighted by Crippen LogP contribution is -2.04. The van der Waals surface area contributed by atoms with E-state index in [0.717, 1.165) is 6.07 Å². The maximum absolute atomic E-state index is 12.8. The van der Waals surface area contributed by atoms with Crippen molar-refractivity contribution in [3.05, 3.63) is 28.0 Å². The Morgan fingerprint density at radius 1 is 1.58 bits per heavy atom. The van der Waals surface area contributed by atoms with Gasteiger partial charge in [0.15, 0.2) is 0 Å². The minimum absolute atomic E-state index is 0.0378. The van der Waals surface area contributed by atoms with Crippen LogP contribution in [0.5, 0.6) is 0 Å². The maximum Gasteiger partial charge on any atom is 0.339 e. The van der Waals surface area contributed by atoms with Crippen LogP contribution in [-0.4, -0.2) is 11.1 Å². The van der Waals surface area contributed by atoms with Crippen molar-refractivity contribution >= 4 is 27.6 Å². The second kappa shape index (κ2) is 3.10. The second-order valence-electron chi connectivity index (χ2n) is 2.13. The molecular weight excluding hydrogens is 229 g/mol. The summed E-state index contributed by atoms with van der Waals surface area (Å²) in [5.74, 6) is -1.89. The van der Waals surface area contributed by atoms with Crippen molar-refractivity contribution in [1.82, 2.24) is 0 Å². The molecule has 0 saturated heterocycles. The minimum Gasteiger partial charge on any atom is -0.478 e. The van der Waals surface area contributed by atoms with Gasteiger partial charge in [0.25, 0.3) is 0 Å². The fourth-order valence-electron chi connectivity index (χ4n) is 0.783. The molecule has 0 aliphatic carbocycles. The first kappa shape index (κ1) is 8.99. The molecule has 0 saturated carbocycles. The van der Waals surface area contributed by atoms with Crippen LogP contribution in [0, 0.1) is 5.82 Å². The van der Waals surface area contributed by atoms with Crippen molar-refractivity contribution in [3.63, 3.8) is 0 Å².